The van der Waals surface area contributed by atoms with Crippen molar-refractivity contribution in [2.45, 2.75) is 6.54 Å². The molecule has 9 heteroatoms. The Morgan fingerprint density at radius 2 is 2.19 bits per heavy atom. The van der Waals surface area contributed by atoms with Gasteiger partial charge in [0.05, 0.1) is 29.0 Å². The van der Waals surface area contributed by atoms with Crippen molar-refractivity contribution < 1.29 is 14.7 Å². The van der Waals surface area contributed by atoms with E-state index in [9.17, 15) is 9.59 Å². The van der Waals surface area contributed by atoms with Gasteiger partial charge in [-0.2, -0.15) is 0 Å². The molecule has 1 aromatic heterocycles. The maximum atomic E-state index is 11.7. The third-order valence-electron chi connectivity index (χ3n) is 2.56. The lowest BCUT2D eigenvalue weighted by molar-refractivity contribution is 0.0697. The fraction of sp³-hybridized carbons (Fsp3) is 0.167. The number of aromatic nitrogens is 3. The van der Waals surface area contributed by atoms with Crippen LogP contribution in [-0.4, -0.2) is 38.6 Å². The van der Waals surface area contributed by atoms with Crippen LogP contribution in [-0.2, 0) is 6.54 Å². The summed E-state index contributed by atoms with van der Waals surface area (Å²) in [4.78, 5) is 22.4. The van der Waals surface area contributed by atoms with Crippen LogP contribution in [0.3, 0.4) is 0 Å². The van der Waals surface area contributed by atoms with Crippen LogP contribution in [0.1, 0.15) is 10.4 Å². The second-order valence-electron chi connectivity index (χ2n) is 4.05. The van der Waals surface area contributed by atoms with Gasteiger partial charge in [0.25, 0.3) is 0 Å². The molecule has 0 spiro atoms. The van der Waals surface area contributed by atoms with Crippen molar-refractivity contribution in [2.24, 2.45) is 0 Å². The van der Waals surface area contributed by atoms with Crippen molar-refractivity contribution >= 4 is 29.3 Å². The monoisotopic (exact) mass is 309 g/mol. The lowest BCUT2D eigenvalue weighted by atomic mass is 10.2. The molecule has 0 aliphatic heterocycles. The Kier molecular flexibility index (Phi) is 4.72. The number of halogens is 1. The summed E-state index contributed by atoms with van der Waals surface area (Å²) in [6.45, 7) is 0.846. The standard InChI is InChI=1S/C12H12ClN5O3/c13-9-7-8(11(19)20)1-2-10(9)16-12(21)14-3-5-18-6-4-15-17-18/h1-2,4,6-7H,3,5H2,(H,19,20)(H2,14,16,21). The number of rotatable bonds is 5. The van der Waals surface area contributed by atoms with Gasteiger partial charge >= 0.3 is 12.0 Å². The highest BCUT2D eigenvalue weighted by Gasteiger charge is 2.09. The van der Waals surface area contributed by atoms with Crippen LogP contribution < -0.4 is 10.6 Å². The highest BCUT2D eigenvalue weighted by atomic mass is 35.5. The highest BCUT2D eigenvalue weighted by molar-refractivity contribution is 6.34. The Morgan fingerprint density at radius 3 is 2.81 bits per heavy atom. The first-order chi connectivity index (χ1) is 10.1. The fourth-order valence-corrected chi connectivity index (χ4v) is 1.78. The van der Waals surface area contributed by atoms with Gasteiger partial charge in [0.2, 0.25) is 0 Å². The van der Waals surface area contributed by atoms with Gasteiger partial charge < -0.3 is 15.7 Å². The summed E-state index contributed by atoms with van der Waals surface area (Å²) in [5.74, 6) is -1.08. The zero-order valence-electron chi connectivity index (χ0n) is 10.8. The molecule has 0 atom stereocenters. The van der Waals surface area contributed by atoms with Gasteiger partial charge in [0, 0.05) is 12.7 Å². The lowest BCUT2D eigenvalue weighted by Gasteiger charge is -2.09. The molecule has 0 fully saturated rings. The first-order valence-corrected chi connectivity index (χ1v) is 6.36. The number of nitrogens with zero attached hydrogens (tertiary/aromatic N) is 3. The molecular weight excluding hydrogens is 298 g/mol. The Balaban J connectivity index is 1.86. The summed E-state index contributed by atoms with van der Waals surface area (Å²) in [5, 5.41) is 21.5. The summed E-state index contributed by atoms with van der Waals surface area (Å²) in [6, 6.07) is 3.62. The minimum atomic E-state index is -1.08. The topological polar surface area (TPSA) is 109 Å². The van der Waals surface area contributed by atoms with Crippen molar-refractivity contribution in [2.75, 3.05) is 11.9 Å². The Bertz CT molecular complexity index is 644. The summed E-state index contributed by atoms with van der Waals surface area (Å²) >= 11 is 5.90. The van der Waals surface area contributed by atoms with Crippen molar-refractivity contribution in [1.29, 1.82) is 0 Å². The highest BCUT2D eigenvalue weighted by Crippen LogP contribution is 2.22. The number of carboxylic acids is 1. The zero-order chi connectivity index (χ0) is 15.2. The van der Waals surface area contributed by atoms with Gasteiger partial charge in [-0.25, -0.2) is 9.59 Å². The molecule has 8 nitrogen and oxygen atoms in total. The molecular formula is C12H12ClN5O3. The molecule has 0 saturated carbocycles. The Labute approximate surface area is 124 Å². The van der Waals surface area contributed by atoms with Gasteiger partial charge in [0.15, 0.2) is 0 Å². The van der Waals surface area contributed by atoms with Crippen LogP contribution in [0.15, 0.2) is 30.6 Å². The number of hydrogen-bond acceptors (Lipinski definition) is 4. The van der Waals surface area contributed by atoms with Crippen molar-refractivity contribution in [1.82, 2.24) is 20.3 Å². The molecule has 0 aliphatic carbocycles. The van der Waals surface area contributed by atoms with Gasteiger partial charge in [0.1, 0.15) is 0 Å². The number of urea groups is 1. The van der Waals surface area contributed by atoms with E-state index in [4.69, 9.17) is 16.7 Å². The van der Waals surface area contributed by atoms with E-state index in [0.29, 0.717) is 18.8 Å². The van der Waals surface area contributed by atoms with Crippen LogP contribution in [0.5, 0.6) is 0 Å². The molecule has 3 N–H and O–H groups in total. The third-order valence-corrected chi connectivity index (χ3v) is 2.88. The average molecular weight is 310 g/mol. The smallest absolute Gasteiger partial charge is 0.335 e. The minimum absolute atomic E-state index is 0.0529. The largest absolute Gasteiger partial charge is 0.478 e. The number of nitrogens with one attached hydrogen (secondary N) is 2. The van der Waals surface area contributed by atoms with Crippen LogP contribution in [0.2, 0.25) is 5.02 Å². The van der Waals surface area contributed by atoms with Crippen molar-refractivity contribution in [3.05, 3.63) is 41.2 Å². The number of aromatic carboxylic acids is 1. The molecule has 110 valence electrons. The van der Waals surface area contributed by atoms with E-state index >= 15 is 0 Å². The molecule has 0 aliphatic rings. The van der Waals surface area contributed by atoms with Gasteiger partial charge in [-0.1, -0.05) is 16.8 Å². The first kappa shape index (κ1) is 14.8. The van der Waals surface area contributed by atoms with E-state index in [1.165, 1.54) is 18.2 Å². The number of carboxylic acid groups (broad SMARTS) is 1. The molecule has 2 rings (SSSR count). The number of carbonyl (C=O) groups is 2. The van der Waals surface area contributed by atoms with E-state index in [-0.39, 0.29) is 10.6 Å². The van der Waals surface area contributed by atoms with E-state index in [0.717, 1.165) is 0 Å². The van der Waals surface area contributed by atoms with Gasteiger partial charge in [-0.05, 0) is 18.2 Å². The van der Waals surface area contributed by atoms with E-state index in [1.807, 2.05) is 0 Å². The molecule has 0 saturated heterocycles. The molecule has 0 unspecified atom stereocenters. The normalized spacial score (nSPS) is 10.1. The van der Waals surface area contributed by atoms with Gasteiger partial charge in [-0.3, -0.25) is 4.68 Å². The fourth-order valence-electron chi connectivity index (χ4n) is 1.55. The van der Waals surface area contributed by atoms with Crippen LogP contribution in [0.4, 0.5) is 10.5 Å². The lowest BCUT2D eigenvalue weighted by Crippen LogP contribution is -2.31. The van der Waals surface area contributed by atoms with Crippen molar-refractivity contribution in [3.63, 3.8) is 0 Å². The molecule has 21 heavy (non-hydrogen) atoms. The van der Waals surface area contributed by atoms with Gasteiger partial charge in [-0.15, -0.1) is 5.10 Å². The van der Waals surface area contributed by atoms with E-state index < -0.39 is 12.0 Å². The van der Waals surface area contributed by atoms with Crippen LogP contribution in [0, 0.1) is 0 Å². The number of benzene rings is 1. The number of hydrogen-bond donors (Lipinski definition) is 3. The van der Waals surface area contributed by atoms with Crippen LogP contribution >= 0.6 is 11.6 Å². The average Bonchev–Trinajstić information content (AvgIpc) is 2.94. The number of amides is 2. The third kappa shape index (κ3) is 4.18. The molecule has 2 amide bonds. The predicted molar refractivity (Wildman–Crippen MR) is 75.5 cm³/mol. The summed E-state index contributed by atoms with van der Waals surface area (Å²) < 4.78 is 1.58. The molecule has 2 aromatic rings. The first-order valence-electron chi connectivity index (χ1n) is 5.98. The maximum absolute atomic E-state index is 11.7. The van der Waals surface area contributed by atoms with Crippen LogP contribution in [0.25, 0.3) is 0 Å². The second kappa shape index (κ2) is 6.71. The summed E-state index contributed by atoms with van der Waals surface area (Å²) in [5.41, 5.74) is 0.386. The Morgan fingerprint density at radius 1 is 1.38 bits per heavy atom. The Hall–Kier alpha value is -2.61. The van der Waals surface area contributed by atoms with Crippen molar-refractivity contribution in [3.8, 4) is 0 Å². The molecule has 1 heterocycles. The summed E-state index contributed by atoms with van der Waals surface area (Å²) in [7, 11) is 0. The SMILES string of the molecule is O=C(NCCn1ccnn1)Nc1ccc(C(=O)O)cc1Cl. The number of carbonyl (C=O) groups excluding carboxylic acids is 1. The van der Waals surface area contributed by atoms with E-state index in [2.05, 4.69) is 20.9 Å². The minimum Gasteiger partial charge on any atom is -0.478 e. The second-order valence-corrected chi connectivity index (χ2v) is 4.45. The molecule has 1 aromatic carbocycles. The van der Waals surface area contributed by atoms with E-state index in [1.54, 1.807) is 17.1 Å². The molecule has 0 bridgehead atoms. The predicted octanol–water partition coefficient (Wildman–Crippen LogP) is 1.45. The quantitative estimate of drug-likeness (QED) is 0.774. The zero-order valence-corrected chi connectivity index (χ0v) is 11.5. The molecule has 0 radical (unpaired) electrons. The number of anilines is 1. The summed E-state index contributed by atoms with van der Waals surface area (Å²) in [6.07, 6.45) is 3.23. The maximum Gasteiger partial charge on any atom is 0.335 e.